The summed E-state index contributed by atoms with van der Waals surface area (Å²) in [5.74, 6) is 0.655. The molecule has 1 amide bonds. The van der Waals surface area contributed by atoms with Crippen molar-refractivity contribution in [1.82, 2.24) is 10.6 Å². The van der Waals surface area contributed by atoms with Gasteiger partial charge in [-0.1, -0.05) is 41.1 Å². The zero-order valence-electron chi connectivity index (χ0n) is 10.7. The maximum absolute atomic E-state index is 12.2. The van der Waals surface area contributed by atoms with Gasteiger partial charge in [-0.15, -0.1) is 0 Å². The van der Waals surface area contributed by atoms with Crippen LogP contribution in [0.25, 0.3) is 0 Å². The highest BCUT2D eigenvalue weighted by Crippen LogP contribution is 2.24. The normalized spacial score (nSPS) is 24.8. The molecule has 1 aliphatic heterocycles. The van der Waals surface area contributed by atoms with Crippen LogP contribution in [-0.2, 0) is 4.79 Å². The van der Waals surface area contributed by atoms with E-state index in [2.05, 4.69) is 33.5 Å². The lowest BCUT2D eigenvalue weighted by atomic mass is 9.96. The average molecular weight is 311 g/mol. The summed E-state index contributed by atoms with van der Waals surface area (Å²) in [6, 6.07) is 8.03. The molecular formula is C14H19BrN2O. The van der Waals surface area contributed by atoms with E-state index in [-0.39, 0.29) is 17.9 Å². The van der Waals surface area contributed by atoms with Crippen molar-refractivity contribution in [2.75, 3.05) is 13.1 Å². The van der Waals surface area contributed by atoms with Crippen LogP contribution in [0.2, 0.25) is 0 Å². The van der Waals surface area contributed by atoms with Gasteiger partial charge in [-0.05, 0) is 31.0 Å². The van der Waals surface area contributed by atoms with Crippen molar-refractivity contribution in [3.05, 3.63) is 34.3 Å². The Morgan fingerprint density at radius 2 is 2.17 bits per heavy atom. The fourth-order valence-corrected chi connectivity index (χ4v) is 3.01. The molecule has 1 aromatic carbocycles. The first-order valence-electron chi connectivity index (χ1n) is 6.35. The fourth-order valence-electron chi connectivity index (χ4n) is 2.39. The lowest BCUT2D eigenvalue weighted by Gasteiger charge is -2.20. The summed E-state index contributed by atoms with van der Waals surface area (Å²) in [7, 11) is 0. The Morgan fingerprint density at radius 1 is 1.44 bits per heavy atom. The van der Waals surface area contributed by atoms with Crippen molar-refractivity contribution in [3.8, 4) is 0 Å². The molecule has 2 rings (SSSR count). The van der Waals surface area contributed by atoms with Crippen LogP contribution in [0.15, 0.2) is 28.7 Å². The molecular weight excluding hydrogens is 292 g/mol. The van der Waals surface area contributed by atoms with Crippen LogP contribution in [0.1, 0.15) is 25.5 Å². The zero-order chi connectivity index (χ0) is 13.1. The molecule has 3 nitrogen and oxygen atoms in total. The Bertz CT molecular complexity index is 436. The summed E-state index contributed by atoms with van der Waals surface area (Å²) in [6.07, 6.45) is 0. The molecule has 3 atom stereocenters. The molecule has 0 spiro atoms. The van der Waals surface area contributed by atoms with Crippen molar-refractivity contribution < 1.29 is 4.79 Å². The molecule has 0 aromatic heterocycles. The number of hydrogen-bond donors (Lipinski definition) is 2. The lowest BCUT2D eigenvalue weighted by Crippen LogP contribution is -2.36. The molecule has 2 unspecified atom stereocenters. The largest absolute Gasteiger partial charge is 0.349 e. The monoisotopic (exact) mass is 310 g/mol. The topological polar surface area (TPSA) is 41.1 Å². The van der Waals surface area contributed by atoms with E-state index >= 15 is 0 Å². The van der Waals surface area contributed by atoms with Crippen LogP contribution in [0.3, 0.4) is 0 Å². The van der Waals surface area contributed by atoms with Gasteiger partial charge in [0.15, 0.2) is 0 Å². The minimum atomic E-state index is 0.0286. The van der Waals surface area contributed by atoms with E-state index in [4.69, 9.17) is 0 Å². The number of hydrogen-bond acceptors (Lipinski definition) is 2. The number of amides is 1. The molecule has 1 aromatic rings. The zero-order valence-corrected chi connectivity index (χ0v) is 12.3. The van der Waals surface area contributed by atoms with Gasteiger partial charge < -0.3 is 10.6 Å². The minimum Gasteiger partial charge on any atom is -0.349 e. The molecule has 18 heavy (non-hydrogen) atoms. The van der Waals surface area contributed by atoms with Crippen molar-refractivity contribution in [1.29, 1.82) is 0 Å². The maximum atomic E-state index is 12.2. The second-order valence-electron chi connectivity index (χ2n) is 4.99. The van der Waals surface area contributed by atoms with E-state index in [0.717, 1.165) is 23.1 Å². The van der Waals surface area contributed by atoms with Crippen molar-refractivity contribution in [2.24, 2.45) is 11.8 Å². The van der Waals surface area contributed by atoms with E-state index < -0.39 is 0 Å². The van der Waals surface area contributed by atoms with Gasteiger partial charge in [-0.2, -0.15) is 0 Å². The standard InChI is InChI=1S/C14H19BrN2O/c1-9-7-16-8-12(9)14(18)17-10(2)11-5-3-4-6-13(11)15/h3-6,9-10,12,16H,7-8H2,1-2H3,(H,17,18)/t9?,10-,12?/m1/s1. The van der Waals surface area contributed by atoms with Crippen LogP contribution in [0, 0.1) is 11.8 Å². The summed E-state index contributed by atoms with van der Waals surface area (Å²) in [6.45, 7) is 5.86. The highest BCUT2D eigenvalue weighted by atomic mass is 79.9. The third kappa shape index (κ3) is 2.93. The number of carbonyl (C=O) groups excluding carboxylic acids is 1. The van der Waals surface area contributed by atoms with E-state index in [0.29, 0.717) is 5.92 Å². The van der Waals surface area contributed by atoms with Crippen molar-refractivity contribution in [3.63, 3.8) is 0 Å². The van der Waals surface area contributed by atoms with Gasteiger partial charge in [0.25, 0.3) is 0 Å². The van der Waals surface area contributed by atoms with E-state index in [9.17, 15) is 4.79 Å². The molecule has 1 fully saturated rings. The van der Waals surface area contributed by atoms with E-state index in [1.807, 2.05) is 31.2 Å². The Balaban J connectivity index is 2.01. The third-order valence-corrected chi connectivity index (χ3v) is 4.31. The predicted octanol–water partition coefficient (Wildman–Crippen LogP) is 2.48. The van der Waals surface area contributed by atoms with Crippen molar-refractivity contribution >= 4 is 21.8 Å². The first-order chi connectivity index (χ1) is 8.59. The van der Waals surface area contributed by atoms with E-state index in [1.165, 1.54) is 0 Å². The van der Waals surface area contributed by atoms with E-state index in [1.54, 1.807) is 0 Å². The predicted molar refractivity (Wildman–Crippen MR) is 76.2 cm³/mol. The Morgan fingerprint density at radius 3 is 2.78 bits per heavy atom. The van der Waals surface area contributed by atoms with Gasteiger partial charge in [0.1, 0.15) is 0 Å². The summed E-state index contributed by atoms with van der Waals surface area (Å²) in [5, 5.41) is 6.36. The van der Waals surface area contributed by atoms with Gasteiger partial charge in [-0.25, -0.2) is 0 Å². The third-order valence-electron chi connectivity index (χ3n) is 3.58. The van der Waals surface area contributed by atoms with Gasteiger partial charge in [0.05, 0.1) is 12.0 Å². The molecule has 0 saturated carbocycles. The number of halogens is 1. The molecule has 0 aliphatic carbocycles. The van der Waals surface area contributed by atoms with Gasteiger partial charge in [-0.3, -0.25) is 4.79 Å². The van der Waals surface area contributed by atoms with Crippen LogP contribution in [0.4, 0.5) is 0 Å². The Kier molecular flexibility index (Phi) is 4.40. The quantitative estimate of drug-likeness (QED) is 0.900. The molecule has 0 radical (unpaired) electrons. The highest BCUT2D eigenvalue weighted by Gasteiger charge is 2.30. The van der Waals surface area contributed by atoms with Crippen LogP contribution >= 0.6 is 15.9 Å². The van der Waals surface area contributed by atoms with Crippen LogP contribution < -0.4 is 10.6 Å². The van der Waals surface area contributed by atoms with Crippen molar-refractivity contribution in [2.45, 2.75) is 19.9 Å². The van der Waals surface area contributed by atoms with Gasteiger partial charge >= 0.3 is 0 Å². The second-order valence-corrected chi connectivity index (χ2v) is 5.85. The number of carbonyl (C=O) groups is 1. The summed E-state index contributed by atoms with van der Waals surface area (Å²) in [4.78, 5) is 12.2. The molecule has 1 aliphatic rings. The first-order valence-corrected chi connectivity index (χ1v) is 7.14. The molecule has 2 N–H and O–H groups in total. The van der Waals surface area contributed by atoms with Gasteiger partial charge in [0.2, 0.25) is 5.91 Å². The summed E-state index contributed by atoms with van der Waals surface area (Å²) >= 11 is 3.52. The highest BCUT2D eigenvalue weighted by molar-refractivity contribution is 9.10. The Labute approximate surface area is 116 Å². The van der Waals surface area contributed by atoms with Gasteiger partial charge in [0, 0.05) is 11.0 Å². The molecule has 1 saturated heterocycles. The first kappa shape index (κ1) is 13.6. The minimum absolute atomic E-state index is 0.0286. The summed E-state index contributed by atoms with van der Waals surface area (Å²) in [5.41, 5.74) is 1.12. The summed E-state index contributed by atoms with van der Waals surface area (Å²) < 4.78 is 1.04. The maximum Gasteiger partial charge on any atom is 0.225 e. The Hall–Kier alpha value is -0.870. The molecule has 98 valence electrons. The lowest BCUT2D eigenvalue weighted by molar-refractivity contribution is -0.126. The average Bonchev–Trinajstić information content (AvgIpc) is 2.76. The number of benzene rings is 1. The van der Waals surface area contributed by atoms with Crippen LogP contribution in [0.5, 0.6) is 0 Å². The number of nitrogens with one attached hydrogen (secondary N) is 2. The SMILES string of the molecule is CC1CNCC1C(=O)N[C@H](C)c1ccccc1Br. The fraction of sp³-hybridized carbons (Fsp3) is 0.500. The molecule has 0 bridgehead atoms. The molecule has 1 heterocycles. The van der Waals surface area contributed by atoms with Crippen LogP contribution in [-0.4, -0.2) is 19.0 Å². The second kappa shape index (κ2) is 5.85. The number of rotatable bonds is 3. The molecule has 4 heteroatoms. The smallest absolute Gasteiger partial charge is 0.225 e.